The van der Waals surface area contributed by atoms with Crippen LogP contribution in [0.5, 0.6) is 23.0 Å². The van der Waals surface area contributed by atoms with Gasteiger partial charge in [-0.1, -0.05) is 46.9 Å². The number of anilines is 2. The van der Waals surface area contributed by atoms with Crippen LogP contribution in [0.3, 0.4) is 0 Å². The summed E-state index contributed by atoms with van der Waals surface area (Å²) >= 11 is 2.40. The first-order valence-corrected chi connectivity index (χ1v) is 22.1. The lowest BCUT2D eigenvalue weighted by atomic mass is 9.97. The third-order valence-corrected chi connectivity index (χ3v) is 13.0. The van der Waals surface area contributed by atoms with E-state index < -0.39 is 35.7 Å². The van der Waals surface area contributed by atoms with Crippen LogP contribution in [0.25, 0.3) is 20.8 Å². The van der Waals surface area contributed by atoms with Gasteiger partial charge in [0.05, 0.1) is 37.6 Å². The molecule has 0 saturated carbocycles. The molecular weight excluding hydrogens is 845 g/mol. The first-order chi connectivity index (χ1) is 30.6. The number of likely N-dealkylation sites (tertiary alicyclic amines) is 2. The summed E-state index contributed by atoms with van der Waals surface area (Å²) in [6.07, 6.45) is 3.31. The van der Waals surface area contributed by atoms with Crippen molar-refractivity contribution < 1.29 is 38.1 Å². The van der Waals surface area contributed by atoms with E-state index in [4.69, 9.17) is 23.9 Å². The van der Waals surface area contributed by atoms with Crippen LogP contribution < -0.4 is 29.6 Å². The Morgan fingerprint density at radius 3 is 1.81 bits per heavy atom. The fourth-order valence-electron chi connectivity index (χ4n) is 8.17. The molecule has 0 spiro atoms. The van der Waals surface area contributed by atoms with Crippen LogP contribution in [0, 0.1) is 6.92 Å². The molecule has 8 rings (SSSR count). The zero-order valence-corrected chi connectivity index (χ0v) is 37.0. The summed E-state index contributed by atoms with van der Waals surface area (Å²) in [6, 6.07) is 17.2. The van der Waals surface area contributed by atoms with Crippen molar-refractivity contribution in [3.05, 3.63) is 95.8 Å². The Hall–Kier alpha value is -6.66. The average molecular weight is 891 g/mol. The van der Waals surface area contributed by atoms with Gasteiger partial charge in [-0.2, -0.15) is 0 Å². The number of nitrogens with zero attached hydrogens (tertiary/aromatic N) is 6. The number of pyridine rings is 1. The van der Waals surface area contributed by atoms with E-state index in [1.807, 2.05) is 63.2 Å². The molecule has 2 saturated heterocycles. The van der Waals surface area contributed by atoms with E-state index in [-0.39, 0.29) is 48.0 Å². The molecule has 63 heavy (non-hydrogen) atoms. The molecule has 4 amide bonds. The van der Waals surface area contributed by atoms with Crippen molar-refractivity contribution in [1.29, 1.82) is 0 Å². The van der Waals surface area contributed by atoms with Crippen molar-refractivity contribution in [2.75, 3.05) is 51.2 Å². The molecule has 3 aromatic carbocycles. The molecule has 326 valence electrons. The number of hydrogen-bond donors (Lipinski definition) is 2. The van der Waals surface area contributed by atoms with E-state index in [1.165, 1.54) is 21.1 Å². The normalized spacial score (nSPS) is 17.2. The van der Waals surface area contributed by atoms with E-state index in [2.05, 4.69) is 25.8 Å². The fourth-order valence-corrected chi connectivity index (χ4v) is 9.87. The summed E-state index contributed by atoms with van der Waals surface area (Å²) in [6.45, 7) is 6.57. The number of fused-ring (bicyclic) bond motifs is 1. The molecule has 3 aromatic heterocycles. The van der Waals surface area contributed by atoms with E-state index in [0.717, 1.165) is 43.8 Å². The number of carbonyl (C=O) groups is 4. The molecule has 16 nitrogen and oxygen atoms in total. The molecule has 2 N–H and O–H groups in total. The number of methoxy groups -OCH3 is 2. The van der Waals surface area contributed by atoms with E-state index >= 15 is 9.59 Å². The number of para-hydroxylation sites is 1. The number of ether oxygens (including phenoxy) is 4. The van der Waals surface area contributed by atoms with Gasteiger partial charge in [0.1, 0.15) is 17.1 Å². The van der Waals surface area contributed by atoms with Gasteiger partial charge in [0.15, 0.2) is 28.1 Å². The second-order valence-corrected chi connectivity index (χ2v) is 17.0. The Kier molecular flexibility index (Phi) is 12.8. The van der Waals surface area contributed by atoms with Crippen molar-refractivity contribution in [1.82, 2.24) is 30.0 Å². The van der Waals surface area contributed by atoms with Gasteiger partial charge < -0.3 is 34.1 Å². The maximum Gasteiger partial charge on any atom is 0.251 e. The molecule has 4 unspecified atom stereocenters. The quantitative estimate of drug-likeness (QED) is 0.105. The zero-order chi connectivity index (χ0) is 44.2. The Bertz CT molecular complexity index is 2660. The average Bonchev–Trinajstić information content (AvgIpc) is 4.10. The lowest BCUT2D eigenvalue weighted by molar-refractivity contribution is -0.145. The van der Waals surface area contributed by atoms with Crippen molar-refractivity contribution in [3.63, 3.8) is 0 Å². The highest BCUT2D eigenvalue weighted by Crippen LogP contribution is 2.40. The number of nitrogens with one attached hydrogen (secondary N) is 2. The fraction of sp³-hybridized carbons (Fsp3) is 0.333. The Labute approximate surface area is 371 Å². The number of benzene rings is 3. The molecule has 0 bridgehead atoms. The van der Waals surface area contributed by atoms with Crippen LogP contribution >= 0.6 is 22.7 Å². The van der Waals surface area contributed by atoms with Crippen molar-refractivity contribution in [2.45, 2.75) is 57.5 Å². The summed E-state index contributed by atoms with van der Waals surface area (Å²) < 4.78 is 23.6. The monoisotopic (exact) mass is 890 g/mol. The highest BCUT2D eigenvalue weighted by atomic mass is 32.1. The topological polar surface area (TPSA) is 187 Å². The lowest BCUT2D eigenvalue weighted by Gasteiger charge is -2.37. The van der Waals surface area contributed by atoms with E-state index in [0.29, 0.717) is 41.2 Å². The van der Waals surface area contributed by atoms with Crippen LogP contribution in [-0.2, 0) is 19.2 Å². The second kappa shape index (κ2) is 18.8. The van der Waals surface area contributed by atoms with Gasteiger partial charge in [-0.15, -0.1) is 10.2 Å². The first-order valence-electron chi connectivity index (χ1n) is 20.5. The summed E-state index contributed by atoms with van der Waals surface area (Å²) in [5.41, 5.74) is 3.95. The predicted octanol–water partition coefficient (Wildman–Crippen LogP) is 6.68. The van der Waals surface area contributed by atoms with Gasteiger partial charge in [-0.25, -0.2) is 4.98 Å². The summed E-state index contributed by atoms with van der Waals surface area (Å²) in [7, 11) is 3.11. The third-order valence-electron chi connectivity index (χ3n) is 11.2. The van der Waals surface area contributed by atoms with Crippen LogP contribution in [0.1, 0.15) is 55.2 Å². The maximum absolute atomic E-state index is 15.1. The van der Waals surface area contributed by atoms with Gasteiger partial charge in [0.2, 0.25) is 16.9 Å². The predicted molar refractivity (Wildman–Crippen MR) is 239 cm³/mol. The van der Waals surface area contributed by atoms with Crippen molar-refractivity contribution >= 4 is 66.8 Å². The van der Waals surface area contributed by atoms with Crippen molar-refractivity contribution in [3.8, 4) is 33.6 Å². The minimum atomic E-state index is -1.52. The first kappa shape index (κ1) is 43.0. The molecule has 0 aliphatic carbocycles. The van der Waals surface area contributed by atoms with Gasteiger partial charge >= 0.3 is 0 Å². The van der Waals surface area contributed by atoms with Gasteiger partial charge in [0, 0.05) is 55.7 Å². The number of aryl methyl sites for hydroxylation is 1. The molecule has 4 atom stereocenters. The Balaban J connectivity index is 1.20. The van der Waals surface area contributed by atoms with Gasteiger partial charge in [-0.05, 0) is 79.9 Å². The minimum Gasteiger partial charge on any atom is -0.493 e. The molecule has 5 heterocycles. The summed E-state index contributed by atoms with van der Waals surface area (Å²) in [5.74, 6) is -0.826. The Morgan fingerprint density at radius 2 is 1.29 bits per heavy atom. The second-order valence-electron chi connectivity index (χ2n) is 15.0. The van der Waals surface area contributed by atoms with Gasteiger partial charge in [-0.3, -0.25) is 29.5 Å². The molecule has 2 aliphatic heterocycles. The highest BCUT2D eigenvalue weighted by molar-refractivity contribution is 7.22. The Morgan fingerprint density at radius 1 is 0.730 bits per heavy atom. The number of aromatic nitrogens is 4. The summed E-state index contributed by atoms with van der Waals surface area (Å²) in [5, 5.41) is 15.3. The highest BCUT2D eigenvalue weighted by Gasteiger charge is 2.51. The smallest absolute Gasteiger partial charge is 0.251 e. The SMILES string of the molecule is CCOc1cc(C2CC(=O)N(C(C(=O)Nc3nnc(-c4ccncc4)s3)C(C(=O)Nc3nc4c(C)cccc4s3)N3CC(c4ccc(OC)c(OCC)c4)CC3=O)C2)ccc1OC. The van der Waals surface area contributed by atoms with Crippen LogP contribution in [0.15, 0.2) is 79.1 Å². The van der Waals surface area contributed by atoms with Crippen LogP contribution in [0.4, 0.5) is 10.3 Å². The lowest BCUT2D eigenvalue weighted by Crippen LogP contribution is -2.62. The molecule has 2 aliphatic rings. The third kappa shape index (κ3) is 8.99. The van der Waals surface area contributed by atoms with Crippen molar-refractivity contribution in [2.24, 2.45) is 0 Å². The van der Waals surface area contributed by atoms with E-state index in [1.54, 1.807) is 50.9 Å². The number of amides is 4. The standard InChI is InChI=1S/C45H46N8O8S2/c1-6-60-33-19-27(11-13-31(33)58-4)29-21-36(54)52(23-29)39(41(56)48-44-47-38-25(3)9-8-10-35(38)62-44)40(42(57)49-45-51-50-43(63-45)26-15-17-46-18-16-26)53-24-30(22-37(53)55)28-12-14-32(59-5)34(20-28)61-7-2/h8-20,29-30,39-40H,6-7,21-24H2,1-5H3,(H,47,48,56)(H,49,51,57). The van der Waals surface area contributed by atoms with Crippen LogP contribution in [-0.4, -0.2) is 106 Å². The number of hydrogen-bond acceptors (Lipinski definition) is 14. The molecule has 0 radical (unpaired) electrons. The number of carbonyl (C=O) groups excluding carboxylic acids is 4. The largest absolute Gasteiger partial charge is 0.493 e. The summed E-state index contributed by atoms with van der Waals surface area (Å²) in [4.78, 5) is 70.7. The van der Waals surface area contributed by atoms with Gasteiger partial charge in [0.25, 0.3) is 11.8 Å². The minimum absolute atomic E-state index is 0.0286. The zero-order valence-electron chi connectivity index (χ0n) is 35.3. The molecule has 2 fully saturated rings. The number of thiazole rings is 1. The number of rotatable bonds is 16. The van der Waals surface area contributed by atoms with E-state index in [9.17, 15) is 9.59 Å². The molecule has 18 heteroatoms. The molecular formula is C45H46N8O8S2. The molecule has 6 aromatic rings. The van der Waals surface area contributed by atoms with Crippen LogP contribution in [0.2, 0.25) is 0 Å². The maximum atomic E-state index is 15.1.